The van der Waals surface area contributed by atoms with Crippen molar-refractivity contribution in [1.29, 1.82) is 0 Å². The van der Waals surface area contributed by atoms with Crippen LogP contribution in [0.15, 0.2) is 53.3 Å². The third-order valence-electron chi connectivity index (χ3n) is 3.44. The molecule has 0 unspecified atom stereocenters. The zero-order valence-electron chi connectivity index (χ0n) is 12.0. The van der Waals surface area contributed by atoms with E-state index in [-0.39, 0.29) is 5.56 Å². The summed E-state index contributed by atoms with van der Waals surface area (Å²) in [5.74, 6) is 0.716. The van der Waals surface area contributed by atoms with Crippen molar-refractivity contribution in [2.45, 2.75) is 6.54 Å². The molecule has 1 aromatic heterocycles. The number of nitrogens with one attached hydrogen (secondary N) is 2. The van der Waals surface area contributed by atoms with E-state index in [1.54, 1.807) is 7.11 Å². The third kappa shape index (κ3) is 3.07. The van der Waals surface area contributed by atoms with Crippen LogP contribution in [-0.4, -0.2) is 12.1 Å². The zero-order valence-corrected chi connectivity index (χ0v) is 12.8. The first kappa shape index (κ1) is 14.5. The maximum atomic E-state index is 12.2. The van der Waals surface area contributed by atoms with Gasteiger partial charge < -0.3 is 15.0 Å². The number of rotatable bonds is 4. The molecule has 0 aliphatic rings. The average molecular weight is 315 g/mol. The molecule has 3 rings (SSSR count). The Morgan fingerprint density at radius 3 is 2.82 bits per heavy atom. The minimum Gasteiger partial charge on any atom is -0.497 e. The predicted molar refractivity (Wildman–Crippen MR) is 89.9 cm³/mol. The fourth-order valence-corrected chi connectivity index (χ4v) is 2.47. The Morgan fingerprint density at radius 1 is 1.18 bits per heavy atom. The van der Waals surface area contributed by atoms with Crippen molar-refractivity contribution in [3.05, 3.63) is 69.5 Å². The zero-order chi connectivity index (χ0) is 15.5. The van der Waals surface area contributed by atoms with Crippen molar-refractivity contribution in [3.63, 3.8) is 0 Å². The normalized spacial score (nSPS) is 10.6. The lowest BCUT2D eigenvalue weighted by Gasteiger charge is -2.08. The van der Waals surface area contributed by atoms with Crippen molar-refractivity contribution >= 4 is 28.2 Å². The quantitative estimate of drug-likeness (QED) is 0.770. The second-order valence-electron chi connectivity index (χ2n) is 4.94. The fourth-order valence-electron chi connectivity index (χ4n) is 2.28. The summed E-state index contributed by atoms with van der Waals surface area (Å²) in [7, 11) is 1.60. The van der Waals surface area contributed by atoms with E-state index in [0.717, 1.165) is 16.6 Å². The number of aromatic amines is 1. The van der Waals surface area contributed by atoms with Crippen LogP contribution in [0.1, 0.15) is 5.56 Å². The van der Waals surface area contributed by atoms with Gasteiger partial charge in [-0.3, -0.25) is 4.79 Å². The molecule has 0 bridgehead atoms. The van der Waals surface area contributed by atoms with Gasteiger partial charge in [0.25, 0.3) is 5.56 Å². The maximum absolute atomic E-state index is 12.2. The van der Waals surface area contributed by atoms with Crippen LogP contribution in [0.25, 0.3) is 10.9 Å². The van der Waals surface area contributed by atoms with Crippen LogP contribution in [-0.2, 0) is 6.54 Å². The molecule has 0 fully saturated rings. The van der Waals surface area contributed by atoms with Gasteiger partial charge in [0.15, 0.2) is 0 Å². The lowest BCUT2D eigenvalue weighted by molar-refractivity contribution is 0.415. The van der Waals surface area contributed by atoms with Crippen molar-refractivity contribution in [3.8, 4) is 5.75 Å². The molecule has 2 N–H and O–H groups in total. The highest BCUT2D eigenvalue weighted by Gasteiger charge is 2.04. The molecule has 112 valence electrons. The summed E-state index contributed by atoms with van der Waals surface area (Å²) in [4.78, 5) is 15.0. The van der Waals surface area contributed by atoms with Gasteiger partial charge in [0.05, 0.1) is 12.6 Å². The number of fused-ring (bicyclic) bond motifs is 1. The topological polar surface area (TPSA) is 54.1 Å². The largest absolute Gasteiger partial charge is 0.497 e. The number of anilines is 1. The first-order chi connectivity index (χ1) is 10.7. The molecule has 0 saturated heterocycles. The van der Waals surface area contributed by atoms with Gasteiger partial charge in [-0.1, -0.05) is 17.7 Å². The van der Waals surface area contributed by atoms with E-state index in [4.69, 9.17) is 16.3 Å². The second-order valence-corrected chi connectivity index (χ2v) is 5.38. The van der Waals surface area contributed by atoms with E-state index in [9.17, 15) is 4.79 Å². The van der Waals surface area contributed by atoms with Crippen LogP contribution in [0.3, 0.4) is 0 Å². The van der Waals surface area contributed by atoms with Crippen molar-refractivity contribution in [2.75, 3.05) is 12.4 Å². The predicted octanol–water partition coefficient (Wildman–Crippen LogP) is 3.80. The number of hydrogen-bond acceptors (Lipinski definition) is 3. The Balaban J connectivity index is 1.87. The Hall–Kier alpha value is -2.46. The summed E-state index contributed by atoms with van der Waals surface area (Å²) < 4.78 is 5.16. The van der Waals surface area contributed by atoms with Gasteiger partial charge in [-0.15, -0.1) is 0 Å². The van der Waals surface area contributed by atoms with Crippen molar-refractivity contribution < 1.29 is 4.74 Å². The van der Waals surface area contributed by atoms with Crippen LogP contribution < -0.4 is 15.6 Å². The first-order valence-corrected chi connectivity index (χ1v) is 7.23. The summed E-state index contributed by atoms with van der Waals surface area (Å²) in [6.45, 7) is 0.428. The Labute approximate surface area is 132 Å². The van der Waals surface area contributed by atoms with E-state index < -0.39 is 0 Å². The molecule has 0 saturated carbocycles. The number of benzene rings is 2. The highest BCUT2D eigenvalue weighted by Crippen LogP contribution is 2.19. The Kier molecular flexibility index (Phi) is 4.02. The molecule has 2 aromatic carbocycles. The SMILES string of the molecule is COc1ccc2cc(CNc3cccc(Cl)c3)c(=O)[nH]c2c1. The van der Waals surface area contributed by atoms with Crippen molar-refractivity contribution in [2.24, 2.45) is 0 Å². The number of H-pyrrole nitrogens is 1. The average Bonchev–Trinajstić information content (AvgIpc) is 2.52. The molecule has 0 atom stereocenters. The number of methoxy groups -OCH3 is 1. The van der Waals surface area contributed by atoms with Crippen LogP contribution in [0, 0.1) is 0 Å². The molecular formula is C17H15ClN2O2. The molecule has 0 spiro atoms. The van der Waals surface area contributed by atoms with Gasteiger partial charge in [0.2, 0.25) is 0 Å². The molecule has 22 heavy (non-hydrogen) atoms. The molecule has 5 heteroatoms. The Morgan fingerprint density at radius 2 is 2.05 bits per heavy atom. The number of ether oxygens (including phenoxy) is 1. The van der Waals surface area contributed by atoms with E-state index in [1.165, 1.54) is 0 Å². The molecule has 3 aromatic rings. The van der Waals surface area contributed by atoms with Gasteiger partial charge in [-0.05, 0) is 41.8 Å². The minimum absolute atomic E-state index is 0.115. The summed E-state index contributed by atoms with van der Waals surface area (Å²) in [6.07, 6.45) is 0. The summed E-state index contributed by atoms with van der Waals surface area (Å²) in [6, 6.07) is 14.9. The number of hydrogen-bond donors (Lipinski definition) is 2. The van der Waals surface area contributed by atoms with Gasteiger partial charge in [0.1, 0.15) is 5.75 Å². The van der Waals surface area contributed by atoms with Gasteiger partial charge in [0, 0.05) is 28.9 Å². The monoisotopic (exact) mass is 314 g/mol. The van der Waals surface area contributed by atoms with Gasteiger partial charge in [-0.2, -0.15) is 0 Å². The van der Waals surface area contributed by atoms with Crippen molar-refractivity contribution in [1.82, 2.24) is 4.98 Å². The molecule has 4 nitrogen and oxygen atoms in total. The van der Waals surface area contributed by atoms with Gasteiger partial charge in [-0.25, -0.2) is 0 Å². The minimum atomic E-state index is -0.115. The van der Waals surface area contributed by atoms with Crippen LogP contribution in [0.5, 0.6) is 5.75 Å². The first-order valence-electron chi connectivity index (χ1n) is 6.85. The third-order valence-corrected chi connectivity index (χ3v) is 3.67. The molecular weight excluding hydrogens is 300 g/mol. The molecule has 0 aliphatic heterocycles. The Bertz CT molecular complexity index is 874. The van der Waals surface area contributed by atoms with Crippen LogP contribution in [0.2, 0.25) is 5.02 Å². The summed E-state index contributed by atoms with van der Waals surface area (Å²) >= 11 is 5.94. The number of aromatic nitrogens is 1. The lowest BCUT2D eigenvalue weighted by Crippen LogP contribution is -2.15. The van der Waals surface area contributed by atoms with Crippen LogP contribution >= 0.6 is 11.6 Å². The van der Waals surface area contributed by atoms with E-state index in [1.807, 2.05) is 48.5 Å². The van der Waals surface area contributed by atoms with E-state index in [0.29, 0.717) is 22.9 Å². The highest BCUT2D eigenvalue weighted by molar-refractivity contribution is 6.30. The smallest absolute Gasteiger partial charge is 0.253 e. The number of pyridine rings is 1. The van der Waals surface area contributed by atoms with E-state index >= 15 is 0 Å². The lowest BCUT2D eigenvalue weighted by atomic mass is 10.1. The highest BCUT2D eigenvalue weighted by atomic mass is 35.5. The molecule has 0 aliphatic carbocycles. The fraction of sp³-hybridized carbons (Fsp3) is 0.118. The number of halogens is 1. The molecule has 0 radical (unpaired) electrons. The standard InChI is InChI=1S/C17H15ClN2O2/c1-22-15-6-5-11-7-12(17(21)20-16(11)9-15)10-19-14-4-2-3-13(18)8-14/h2-9,19H,10H2,1H3,(H,20,21). The summed E-state index contributed by atoms with van der Waals surface area (Å²) in [5, 5.41) is 4.82. The summed E-state index contributed by atoms with van der Waals surface area (Å²) in [5.41, 5.74) is 2.19. The maximum Gasteiger partial charge on any atom is 0.253 e. The molecule has 1 heterocycles. The van der Waals surface area contributed by atoms with Crippen LogP contribution in [0.4, 0.5) is 5.69 Å². The second kappa shape index (κ2) is 6.12. The van der Waals surface area contributed by atoms with E-state index in [2.05, 4.69) is 10.3 Å². The van der Waals surface area contributed by atoms with Gasteiger partial charge >= 0.3 is 0 Å². The molecule has 0 amide bonds.